The van der Waals surface area contributed by atoms with Gasteiger partial charge in [-0.15, -0.1) is 0 Å². The Hall–Kier alpha value is -3.67. The van der Waals surface area contributed by atoms with E-state index >= 15 is 0 Å². The highest BCUT2D eigenvalue weighted by atomic mass is 32.2. The van der Waals surface area contributed by atoms with Gasteiger partial charge in [-0.05, 0) is 55.7 Å². The van der Waals surface area contributed by atoms with E-state index in [1.807, 2.05) is 49.4 Å². The topological polar surface area (TPSA) is 85.2 Å². The van der Waals surface area contributed by atoms with Crippen molar-refractivity contribution in [3.05, 3.63) is 102 Å². The van der Waals surface area contributed by atoms with Gasteiger partial charge in [0.1, 0.15) is 5.75 Å². The quantitative estimate of drug-likeness (QED) is 0.202. The number of nitrogens with zero attached hydrogens (tertiary/aromatic N) is 2. The molecule has 0 aliphatic rings. The zero-order valence-electron chi connectivity index (χ0n) is 23.1. The van der Waals surface area contributed by atoms with Crippen LogP contribution in [0.25, 0.3) is 11.3 Å². The number of nitrogens with one attached hydrogen (secondary N) is 2. The minimum atomic E-state index is -4.84. The maximum absolute atomic E-state index is 12.7. The van der Waals surface area contributed by atoms with Gasteiger partial charge in [-0.2, -0.15) is 18.3 Å². The number of hydrogen-bond donors (Lipinski definition) is 2. The number of ether oxygens (including phenoxy) is 1. The molecule has 0 fully saturated rings. The van der Waals surface area contributed by atoms with E-state index in [4.69, 9.17) is 4.74 Å². The third kappa shape index (κ3) is 8.66. The predicted molar refractivity (Wildman–Crippen MR) is 153 cm³/mol. The van der Waals surface area contributed by atoms with Crippen LogP contribution in [-0.2, 0) is 35.2 Å². The molecule has 0 unspecified atom stereocenters. The molecule has 4 rings (SSSR count). The number of aryl methyl sites for hydroxylation is 1. The number of sulfonamides is 1. The monoisotopic (exact) mass is 586 g/mol. The van der Waals surface area contributed by atoms with Crippen molar-refractivity contribution in [1.29, 1.82) is 0 Å². The summed E-state index contributed by atoms with van der Waals surface area (Å²) in [5.74, 6) is -0.782. The summed E-state index contributed by atoms with van der Waals surface area (Å²) in [5.41, 5.74) is 2.79. The number of rotatable bonds is 12. The number of halogens is 3. The third-order valence-corrected chi connectivity index (χ3v) is 7.86. The molecule has 4 aromatic rings. The SMILES string of the molecule is CCn1nc(-c2cccc(C(C)(C)NS(=O)(=O)CC(F)(F)F)c2)cc1Oc1ccc(CNCc2ccccc2)cc1. The van der Waals surface area contributed by atoms with Gasteiger partial charge in [-0.25, -0.2) is 17.8 Å². The molecule has 2 N–H and O–H groups in total. The fourth-order valence-corrected chi connectivity index (χ4v) is 5.76. The lowest BCUT2D eigenvalue weighted by Gasteiger charge is -2.27. The molecule has 0 aliphatic heterocycles. The van der Waals surface area contributed by atoms with E-state index in [2.05, 4.69) is 27.3 Å². The standard InChI is InChI=1S/C30H33F3N4O3S/c1-4-37-28(40-26-15-13-23(14-16-26)20-34-19-22-9-6-5-7-10-22)18-27(35-37)24-11-8-12-25(17-24)29(2,3)36-41(38,39)21-30(31,32)33/h5-18,34,36H,4,19-21H2,1-3H3. The maximum Gasteiger partial charge on any atom is 0.404 e. The highest BCUT2D eigenvalue weighted by Crippen LogP contribution is 2.31. The van der Waals surface area contributed by atoms with Crippen LogP contribution < -0.4 is 14.8 Å². The van der Waals surface area contributed by atoms with Crippen LogP contribution in [0.4, 0.5) is 13.2 Å². The van der Waals surface area contributed by atoms with Crippen LogP contribution in [-0.4, -0.2) is 30.1 Å². The van der Waals surface area contributed by atoms with Gasteiger partial charge in [0.05, 0.1) is 11.2 Å². The number of hydrogen-bond acceptors (Lipinski definition) is 5. The Kier molecular flexibility index (Phi) is 9.21. The molecular formula is C30H33F3N4O3S. The van der Waals surface area contributed by atoms with Gasteiger partial charge in [-0.1, -0.05) is 60.7 Å². The highest BCUT2D eigenvalue weighted by molar-refractivity contribution is 7.89. The Morgan fingerprint density at radius 2 is 1.54 bits per heavy atom. The van der Waals surface area contributed by atoms with Gasteiger partial charge < -0.3 is 10.1 Å². The molecule has 1 heterocycles. The van der Waals surface area contributed by atoms with Crippen molar-refractivity contribution in [1.82, 2.24) is 19.8 Å². The Morgan fingerprint density at radius 1 is 0.878 bits per heavy atom. The predicted octanol–water partition coefficient (Wildman–Crippen LogP) is 6.37. The average molecular weight is 587 g/mol. The summed E-state index contributed by atoms with van der Waals surface area (Å²) in [5, 5.41) is 8.04. The van der Waals surface area contributed by atoms with Crippen molar-refractivity contribution in [2.75, 3.05) is 5.75 Å². The summed E-state index contributed by atoms with van der Waals surface area (Å²) in [6.45, 7) is 6.99. The molecule has 0 saturated carbocycles. The first-order chi connectivity index (χ1) is 19.3. The van der Waals surface area contributed by atoms with E-state index in [1.54, 1.807) is 35.0 Å². The van der Waals surface area contributed by atoms with E-state index in [-0.39, 0.29) is 0 Å². The van der Waals surface area contributed by atoms with E-state index in [9.17, 15) is 21.6 Å². The summed E-state index contributed by atoms with van der Waals surface area (Å²) in [7, 11) is -4.60. The second kappa shape index (κ2) is 12.5. The van der Waals surface area contributed by atoms with Gasteiger partial charge in [-0.3, -0.25) is 0 Å². The molecule has 3 aromatic carbocycles. The summed E-state index contributed by atoms with van der Waals surface area (Å²) in [6.07, 6.45) is -4.84. The first-order valence-electron chi connectivity index (χ1n) is 13.1. The molecule has 0 bridgehead atoms. The van der Waals surface area contributed by atoms with Crippen LogP contribution in [0.5, 0.6) is 11.6 Å². The van der Waals surface area contributed by atoms with Crippen LogP contribution in [0, 0.1) is 0 Å². The lowest BCUT2D eigenvalue weighted by molar-refractivity contribution is -0.106. The normalized spacial score (nSPS) is 12.4. The molecule has 11 heteroatoms. The molecule has 7 nitrogen and oxygen atoms in total. The Bertz CT molecular complexity index is 1550. The molecular weight excluding hydrogens is 553 g/mol. The fraction of sp³-hybridized carbons (Fsp3) is 0.300. The summed E-state index contributed by atoms with van der Waals surface area (Å²) >= 11 is 0. The molecule has 0 aliphatic carbocycles. The second-order valence-electron chi connectivity index (χ2n) is 10.2. The minimum Gasteiger partial charge on any atom is -0.439 e. The van der Waals surface area contributed by atoms with Crippen LogP contribution in [0.2, 0.25) is 0 Å². The largest absolute Gasteiger partial charge is 0.439 e. The zero-order valence-corrected chi connectivity index (χ0v) is 23.9. The van der Waals surface area contributed by atoms with Crippen molar-refractivity contribution in [2.45, 2.75) is 52.1 Å². The number of alkyl halides is 3. The lowest BCUT2D eigenvalue weighted by Crippen LogP contribution is -2.44. The summed E-state index contributed by atoms with van der Waals surface area (Å²) in [4.78, 5) is 0. The Morgan fingerprint density at radius 3 is 2.17 bits per heavy atom. The third-order valence-electron chi connectivity index (χ3n) is 6.33. The highest BCUT2D eigenvalue weighted by Gasteiger charge is 2.38. The molecule has 0 atom stereocenters. The fourth-order valence-electron chi connectivity index (χ4n) is 4.36. The van der Waals surface area contributed by atoms with Crippen LogP contribution in [0.3, 0.4) is 0 Å². The molecule has 41 heavy (non-hydrogen) atoms. The average Bonchev–Trinajstić information content (AvgIpc) is 3.31. The first kappa shape index (κ1) is 30.3. The van der Waals surface area contributed by atoms with Crippen LogP contribution in [0.1, 0.15) is 37.5 Å². The van der Waals surface area contributed by atoms with Gasteiger partial charge in [0.2, 0.25) is 15.9 Å². The molecule has 218 valence electrons. The van der Waals surface area contributed by atoms with Crippen molar-refractivity contribution >= 4 is 10.0 Å². The molecule has 0 radical (unpaired) electrons. The van der Waals surface area contributed by atoms with Crippen molar-refractivity contribution in [2.24, 2.45) is 0 Å². The minimum absolute atomic E-state index is 0.491. The zero-order chi connectivity index (χ0) is 29.7. The summed E-state index contributed by atoms with van der Waals surface area (Å²) in [6, 6.07) is 26.6. The Balaban J connectivity index is 1.45. The molecule has 0 spiro atoms. The second-order valence-corrected chi connectivity index (χ2v) is 11.9. The molecule has 0 saturated heterocycles. The van der Waals surface area contributed by atoms with E-state index in [0.717, 1.165) is 12.1 Å². The van der Waals surface area contributed by atoms with Crippen molar-refractivity contribution < 1.29 is 26.3 Å². The first-order valence-corrected chi connectivity index (χ1v) is 14.8. The van der Waals surface area contributed by atoms with Gasteiger partial charge in [0.15, 0.2) is 5.75 Å². The summed E-state index contributed by atoms with van der Waals surface area (Å²) < 4.78 is 72.4. The van der Waals surface area contributed by atoms with Crippen LogP contribution >= 0.6 is 0 Å². The number of benzene rings is 3. The maximum atomic E-state index is 12.7. The van der Waals surface area contributed by atoms with Gasteiger partial charge in [0.25, 0.3) is 0 Å². The van der Waals surface area contributed by atoms with E-state index in [1.165, 1.54) is 19.4 Å². The molecule has 0 amide bonds. The number of aromatic nitrogens is 2. The van der Waals surface area contributed by atoms with E-state index < -0.39 is 27.5 Å². The lowest BCUT2D eigenvalue weighted by atomic mass is 9.93. The smallest absolute Gasteiger partial charge is 0.404 e. The van der Waals surface area contributed by atoms with Crippen molar-refractivity contribution in [3.8, 4) is 22.9 Å². The van der Waals surface area contributed by atoms with E-state index in [0.29, 0.717) is 41.5 Å². The van der Waals surface area contributed by atoms with Crippen molar-refractivity contribution in [3.63, 3.8) is 0 Å². The Labute approximate surface area is 238 Å². The molecule has 1 aromatic heterocycles. The van der Waals surface area contributed by atoms with Gasteiger partial charge in [0, 0.05) is 31.3 Å². The van der Waals surface area contributed by atoms with Gasteiger partial charge >= 0.3 is 6.18 Å². The van der Waals surface area contributed by atoms with Crippen LogP contribution in [0.15, 0.2) is 84.9 Å².